The molecule has 0 aliphatic rings. The summed E-state index contributed by atoms with van der Waals surface area (Å²) in [7, 11) is 1.40. The van der Waals surface area contributed by atoms with E-state index in [2.05, 4.69) is 11.1 Å². The number of carbonyl (C=O) groups excluding carboxylic acids is 1. The van der Waals surface area contributed by atoms with Gasteiger partial charge in [-0.05, 0) is 30.7 Å². The number of aromatic nitrogens is 1. The maximum atomic E-state index is 11.6. The van der Waals surface area contributed by atoms with Crippen LogP contribution < -0.4 is 0 Å². The Labute approximate surface area is 104 Å². The standard InChI is InChI=1S/C15H13NO2/c1-9-7-10(15(17)18-2)8-12-11-5-3-4-6-13(11)16-14(9)12/h3-8,16H,1-2H3. The molecule has 0 bridgehead atoms. The van der Waals surface area contributed by atoms with Crippen LogP contribution in [0.15, 0.2) is 36.4 Å². The van der Waals surface area contributed by atoms with Crippen LogP contribution in [-0.4, -0.2) is 18.1 Å². The van der Waals surface area contributed by atoms with Gasteiger partial charge in [-0.1, -0.05) is 18.2 Å². The van der Waals surface area contributed by atoms with Crippen LogP contribution in [0.1, 0.15) is 15.9 Å². The van der Waals surface area contributed by atoms with Crippen LogP contribution in [0, 0.1) is 6.92 Å². The molecular weight excluding hydrogens is 226 g/mol. The van der Waals surface area contributed by atoms with Gasteiger partial charge in [0.2, 0.25) is 0 Å². The first-order valence-corrected chi connectivity index (χ1v) is 5.80. The molecule has 0 amide bonds. The van der Waals surface area contributed by atoms with E-state index < -0.39 is 0 Å². The summed E-state index contributed by atoms with van der Waals surface area (Å²) in [5.74, 6) is -0.301. The largest absolute Gasteiger partial charge is 0.465 e. The predicted octanol–water partition coefficient (Wildman–Crippen LogP) is 3.42. The number of benzene rings is 2. The number of hydrogen-bond acceptors (Lipinski definition) is 2. The van der Waals surface area contributed by atoms with E-state index in [1.54, 1.807) is 0 Å². The van der Waals surface area contributed by atoms with Gasteiger partial charge in [0, 0.05) is 21.8 Å². The minimum absolute atomic E-state index is 0.301. The lowest BCUT2D eigenvalue weighted by Crippen LogP contribution is -2.01. The summed E-state index contributed by atoms with van der Waals surface area (Å²) < 4.78 is 4.78. The molecule has 0 saturated carbocycles. The molecule has 0 radical (unpaired) electrons. The minimum atomic E-state index is -0.301. The van der Waals surface area contributed by atoms with Gasteiger partial charge in [-0.15, -0.1) is 0 Å². The summed E-state index contributed by atoms with van der Waals surface area (Å²) in [6, 6.07) is 11.8. The van der Waals surface area contributed by atoms with Crippen LogP contribution >= 0.6 is 0 Å². The molecular formula is C15H13NO2. The smallest absolute Gasteiger partial charge is 0.337 e. The average Bonchev–Trinajstić information content (AvgIpc) is 2.77. The van der Waals surface area contributed by atoms with Crippen molar-refractivity contribution in [3.8, 4) is 0 Å². The zero-order chi connectivity index (χ0) is 12.7. The molecule has 0 unspecified atom stereocenters. The molecule has 0 saturated heterocycles. The first kappa shape index (κ1) is 10.8. The van der Waals surface area contributed by atoms with Gasteiger partial charge in [0.15, 0.2) is 0 Å². The van der Waals surface area contributed by atoms with Crippen LogP contribution in [0.2, 0.25) is 0 Å². The van der Waals surface area contributed by atoms with Crippen molar-refractivity contribution in [2.75, 3.05) is 7.11 Å². The molecule has 1 N–H and O–H groups in total. The van der Waals surface area contributed by atoms with Crippen LogP contribution in [0.4, 0.5) is 0 Å². The number of nitrogens with one attached hydrogen (secondary N) is 1. The Morgan fingerprint density at radius 2 is 1.94 bits per heavy atom. The number of carbonyl (C=O) groups is 1. The summed E-state index contributed by atoms with van der Waals surface area (Å²) in [5, 5.41) is 2.19. The van der Waals surface area contributed by atoms with Gasteiger partial charge in [0.25, 0.3) is 0 Å². The normalized spacial score (nSPS) is 11.0. The van der Waals surface area contributed by atoms with E-state index in [0.717, 1.165) is 27.4 Å². The molecule has 3 rings (SSSR count). The molecule has 0 aliphatic carbocycles. The van der Waals surface area contributed by atoms with Crippen molar-refractivity contribution in [2.45, 2.75) is 6.92 Å². The number of H-pyrrole nitrogens is 1. The van der Waals surface area contributed by atoms with Gasteiger partial charge in [-0.2, -0.15) is 0 Å². The highest BCUT2D eigenvalue weighted by Crippen LogP contribution is 2.28. The van der Waals surface area contributed by atoms with Crippen molar-refractivity contribution in [2.24, 2.45) is 0 Å². The monoisotopic (exact) mass is 239 g/mol. The van der Waals surface area contributed by atoms with E-state index in [0.29, 0.717) is 5.56 Å². The third kappa shape index (κ3) is 1.48. The van der Waals surface area contributed by atoms with Crippen LogP contribution in [-0.2, 0) is 4.74 Å². The van der Waals surface area contributed by atoms with Gasteiger partial charge in [-0.25, -0.2) is 4.79 Å². The van der Waals surface area contributed by atoms with E-state index in [1.165, 1.54) is 7.11 Å². The topological polar surface area (TPSA) is 42.1 Å². The third-order valence-electron chi connectivity index (χ3n) is 3.23. The molecule has 3 nitrogen and oxygen atoms in total. The number of aromatic amines is 1. The Balaban J connectivity index is 2.40. The van der Waals surface area contributed by atoms with E-state index >= 15 is 0 Å². The number of hydrogen-bond donors (Lipinski definition) is 1. The second kappa shape index (κ2) is 3.88. The molecule has 1 heterocycles. The van der Waals surface area contributed by atoms with E-state index in [4.69, 9.17) is 4.74 Å². The van der Waals surface area contributed by atoms with Crippen LogP contribution in [0.5, 0.6) is 0 Å². The van der Waals surface area contributed by atoms with Gasteiger partial charge in [0.1, 0.15) is 0 Å². The Morgan fingerprint density at radius 1 is 1.17 bits per heavy atom. The van der Waals surface area contributed by atoms with Gasteiger partial charge in [0.05, 0.1) is 12.7 Å². The molecule has 2 aromatic carbocycles. The van der Waals surface area contributed by atoms with E-state index in [9.17, 15) is 4.79 Å². The number of aryl methyl sites for hydroxylation is 1. The lowest BCUT2D eigenvalue weighted by molar-refractivity contribution is 0.0601. The van der Waals surface area contributed by atoms with E-state index in [1.807, 2.05) is 37.3 Å². The minimum Gasteiger partial charge on any atom is -0.465 e. The fraction of sp³-hybridized carbons (Fsp3) is 0.133. The number of fused-ring (bicyclic) bond motifs is 3. The summed E-state index contributed by atoms with van der Waals surface area (Å²) in [6.45, 7) is 1.99. The fourth-order valence-electron chi connectivity index (χ4n) is 2.36. The average molecular weight is 239 g/mol. The fourth-order valence-corrected chi connectivity index (χ4v) is 2.36. The van der Waals surface area contributed by atoms with Crippen molar-refractivity contribution in [3.05, 3.63) is 47.5 Å². The van der Waals surface area contributed by atoms with Crippen LogP contribution in [0.3, 0.4) is 0 Å². The van der Waals surface area contributed by atoms with Gasteiger partial charge in [-0.3, -0.25) is 0 Å². The van der Waals surface area contributed by atoms with E-state index in [-0.39, 0.29) is 5.97 Å². The molecule has 0 spiro atoms. The number of para-hydroxylation sites is 1. The number of rotatable bonds is 1. The molecule has 0 aliphatic heterocycles. The highest BCUT2D eigenvalue weighted by Gasteiger charge is 2.11. The SMILES string of the molecule is COC(=O)c1cc(C)c2[nH]c3ccccc3c2c1. The lowest BCUT2D eigenvalue weighted by atomic mass is 10.1. The molecule has 18 heavy (non-hydrogen) atoms. The third-order valence-corrected chi connectivity index (χ3v) is 3.23. The van der Waals surface area contributed by atoms with Crippen molar-refractivity contribution in [3.63, 3.8) is 0 Å². The Bertz CT molecular complexity index is 756. The Hall–Kier alpha value is -2.29. The molecule has 3 heteroatoms. The zero-order valence-corrected chi connectivity index (χ0v) is 10.3. The Morgan fingerprint density at radius 3 is 2.72 bits per heavy atom. The maximum Gasteiger partial charge on any atom is 0.337 e. The van der Waals surface area contributed by atoms with Gasteiger partial charge < -0.3 is 9.72 Å². The molecule has 90 valence electrons. The molecule has 3 aromatic rings. The first-order valence-electron chi connectivity index (χ1n) is 5.80. The Kier molecular flexibility index (Phi) is 2.33. The van der Waals surface area contributed by atoms with Crippen molar-refractivity contribution in [1.82, 2.24) is 4.98 Å². The van der Waals surface area contributed by atoms with Crippen molar-refractivity contribution in [1.29, 1.82) is 0 Å². The van der Waals surface area contributed by atoms with Crippen molar-refractivity contribution >= 4 is 27.8 Å². The summed E-state index contributed by atoms with van der Waals surface area (Å²) in [4.78, 5) is 15.0. The lowest BCUT2D eigenvalue weighted by Gasteiger charge is -2.02. The number of methoxy groups -OCH3 is 1. The first-order chi connectivity index (χ1) is 8.70. The molecule has 1 aromatic heterocycles. The summed E-state index contributed by atoms with van der Waals surface area (Å²) in [6.07, 6.45) is 0. The maximum absolute atomic E-state index is 11.6. The number of esters is 1. The van der Waals surface area contributed by atoms with Crippen LogP contribution in [0.25, 0.3) is 21.8 Å². The zero-order valence-electron chi connectivity index (χ0n) is 10.3. The predicted molar refractivity (Wildman–Crippen MR) is 71.9 cm³/mol. The quantitative estimate of drug-likeness (QED) is 0.661. The van der Waals surface area contributed by atoms with Gasteiger partial charge >= 0.3 is 5.97 Å². The highest BCUT2D eigenvalue weighted by molar-refractivity contribution is 6.10. The summed E-state index contributed by atoms with van der Waals surface area (Å²) in [5.41, 5.74) is 3.79. The molecule has 0 atom stereocenters. The number of ether oxygens (including phenoxy) is 1. The highest BCUT2D eigenvalue weighted by atomic mass is 16.5. The second-order valence-electron chi connectivity index (χ2n) is 4.38. The van der Waals surface area contributed by atoms with Crippen molar-refractivity contribution < 1.29 is 9.53 Å². The summed E-state index contributed by atoms with van der Waals surface area (Å²) >= 11 is 0. The second-order valence-corrected chi connectivity index (χ2v) is 4.38. The molecule has 0 fully saturated rings.